The van der Waals surface area contributed by atoms with Crippen LogP contribution in [0.1, 0.15) is 27.2 Å². The van der Waals surface area contributed by atoms with Gasteiger partial charge >= 0.3 is 12.2 Å². The first-order valence-electron chi connectivity index (χ1n) is 12.6. The second-order valence-electron chi connectivity index (χ2n) is 10.1. The highest BCUT2D eigenvalue weighted by atomic mass is 35.5. The summed E-state index contributed by atoms with van der Waals surface area (Å²) in [6, 6.07) is 11.8. The smallest absolute Gasteiger partial charge is 0.407 e. The Morgan fingerprint density at radius 3 is 2.55 bits per heavy atom. The molecule has 0 atom stereocenters. The number of ether oxygens (including phenoxy) is 1. The summed E-state index contributed by atoms with van der Waals surface area (Å²) in [5.74, 6) is 1.48. The molecule has 0 bridgehead atoms. The van der Waals surface area contributed by atoms with Gasteiger partial charge in [-0.1, -0.05) is 29.8 Å². The molecule has 1 aromatic carbocycles. The zero-order valence-electron chi connectivity index (χ0n) is 21.8. The Balaban J connectivity index is 1.47. The molecule has 2 aromatic heterocycles. The molecule has 0 saturated carbocycles. The van der Waals surface area contributed by atoms with Gasteiger partial charge < -0.3 is 30.3 Å². The fraction of sp³-hybridized carbons (Fsp3) is 0.407. The number of aromatic nitrogens is 2. The number of hydrogen-bond acceptors (Lipinski definition) is 7. The van der Waals surface area contributed by atoms with E-state index in [1.165, 1.54) is 4.90 Å². The van der Waals surface area contributed by atoms with Gasteiger partial charge in [-0.05, 0) is 61.9 Å². The highest BCUT2D eigenvalue weighted by Crippen LogP contribution is 2.34. The third kappa shape index (κ3) is 6.95. The first-order chi connectivity index (χ1) is 18.1. The number of pyridine rings is 2. The van der Waals surface area contributed by atoms with Crippen molar-refractivity contribution in [3.63, 3.8) is 0 Å². The summed E-state index contributed by atoms with van der Waals surface area (Å²) in [7, 11) is 0. The fourth-order valence-electron chi connectivity index (χ4n) is 4.32. The van der Waals surface area contributed by atoms with Gasteiger partial charge in [0.25, 0.3) is 0 Å². The van der Waals surface area contributed by atoms with Gasteiger partial charge in [0.1, 0.15) is 22.4 Å². The lowest BCUT2D eigenvalue weighted by molar-refractivity contribution is 0.0527. The van der Waals surface area contributed by atoms with Crippen molar-refractivity contribution in [1.82, 2.24) is 20.2 Å². The first kappa shape index (κ1) is 27.3. The lowest BCUT2D eigenvalue weighted by Gasteiger charge is -2.34. The minimum atomic E-state index is -0.892. The van der Waals surface area contributed by atoms with E-state index in [2.05, 4.69) is 25.5 Å². The van der Waals surface area contributed by atoms with Crippen LogP contribution in [0, 0.1) is 0 Å². The molecule has 1 aliphatic rings. The van der Waals surface area contributed by atoms with Crippen LogP contribution in [0.25, 0.3) is 21.9 Å². The Kier molecular flexibility index (Phi) is 8.41. The molecule has 1 saturated heterocycles. The third-order valence-corrected chi connectivity index (χ3v) is 6.28. The van der Waals surface area contributed by atoms with Crippen LogP contribution in [0.5, 0.6) is 0 Å². The molecule has 10 nitrogen and oxygen atoms in total. The normalized spacial score (nSPS) is 13.9. The summed E-state index contributed by atoms with van der Waals surface area (Å²) >= 11 is 6.42. The molecule has 3 N–H and O–H groups in total. The van der Waals surface area contributed by atoms with Gasteiger partial charge in [-0.3, -0.25) is 0 Å². The first-order valence-corrected chi connectivity index (χ1v) is 13.0. The van der Waals surface area contributed by atoms with Gasteiger partial charge in [0.05, 0.1) is 0 Å². The Labute approximate surface area is 227 Å². The quantitative estimate of drug-likeness (QED) is 0.280. The molecule has 202 valence electrons. The van der Waals surface area contributed by atoms with E-state index in [0.29, 0.717) is 56.7 Å². The van der Waals surface area contributed by atoms with E-state index in [9.17, 15) is 14.7 Å². The standard InChI is InChI=1S/C27H33ClN6O4/c1-27(2,3)38-25(35)31-10-5-9-30-24-20-7-4-6-19(21(20)17-22(28)32-24)18-8-11-29-23(16-18)33-12-14-34(15-13-33)26(36)37/h4,6-8,11,16-17H,5,9-10,12-15H2,1-3H3,(H,30,32)(H,31,35)(H,36,37). The van der Waals surface area contributed by atoms with Crippen LogP contribution in [0.2, 0.25) is 5.15 Å². The SMILES string of the molecule is CC(C)(C)OC(=O)NCCCNc1nc(Cl)cc2c(-c3ccnc(N4CCN(C(=O)O)CC4)c3)cccc12. The topological polar surface area (TPSA) is 120 Å². The maximum Gasteiger partial charge on any atom is 0.407 e. The van der Waals surface area contributed by atoms with E-state index in [1.54, 1.807) is 6.20 Å². The number of nitrogens with zero attached hydrogens (tertiary/aromatic N) is 4. The molecule has 1 aliphatic heterocycles. The van der Waals surface area contributed by atoms with E-state index in [-0.39, 0.29) is 0 Å². The number of nitrogens with one attached hydrogen (secondary N) is 2. The number of rotatable bonds is 7. The van der Waals surface area contributed by atoms with Crippen molar-refractivity contribution >= 4 is 46.2 Å². The highest BCUT2D eigenvalue weighted by molar-refractivity contribution is 6.30. The summed E-state index contributed by atoms with van der Waals surface area (Å²) in [6.07, 6.45) is 1.12. The van der Waals surface area contributed by atoms with Crippen molar-refractivity contribution in [3.8, 4) is 11.1 Å². The fourth-order valence-corrected chi connectivity index (χ4v) is 4.51. The lowest BCUT2D eigenvalue weighted by Crippen LogP contribution is -2.48. The van der Waals surface area contributed by atoms with Crippen LogP contribution in [0.15, 0.2) is 42.6 Å². The van der Waals surface area contributed by atoms with E-state index in [1.807, 2.05) is 57.2 Å². The number of alkyl carbamates (subject to hydrolysis) is 1. The Hall–Kier alpha value is -3.79. The summed E-state index contributed by atoms with van der Waals surface area (Å²) in [5, 5.41) is 17.6. The van der Waals surface area contributed by atoms with Gasteiger partial charge in [-0.15, -0.1) is 0 Å². The molecule has 11 heteroatoms. The molecular formula is C27H33ClN6O4. The van der Waals surface area contributed by atoms with Gasteiger partial charge in [-0.2, -0.15) is 0 Å². The molecular weight excluding hydrogens is 508 g/mol. The third-order valence-electron chi connectivity index (χ3n) is 6.09. The zero-order chi connectivity index (χ0) is 27.3. The van der Waals surface area contributed by atoms with Crippen LogP contribution in [0.3, 0.4) is 0 Å². The van der Waals surface area contributed by atoms with E-state index in [0.717, 1.165) is 27.7 Å². The second kappa shape index (κ2) is 11.7. The minimum Gasteiger partial charge on any atom is -0.465 e. The van der Waals surface area contributed by atoms with Gasteiger partial charge in [0.2, 0.25) is 0 Å². The predicted octanol–water partition coefficient (Wildman–Crippen LogP) is 5.08. The van der Waals surface area contributed by atoms with E-state index >= 15 is 0 Å². The maximum absolute atomic E-state index is 11.8. The summed E-state index contributed by atoms with van der Waals surface area (Å²) < 4.78 is 5.26. The van der Waals surface area contributed by atoms with Crippen LogP contribution >= 0.6 is 11.6 Å². The average molecular weight is 541 g/mol. The zero-order valence-corrected chi connectivity index (χ0v) is 22.6. The lowest BCUT2D eigenvalue weighted by atomic mass is 9.99. The highest BCUT2D eigenvalue weighted by Gasteiger charge is 2.22. The summed E-state index contributed by atoms with van der Waals surface area (Å²) in [4.78, 5) is 35.6. The van der Waals surface area contributed by atoms with Gasteiger partial charge in [0, 0.05) is 50.9 Å². The van der Waals surface area contributed by atoms with Gasteiger partial charge in [-0.25, -0.2) is 19.6 Å². The number of fused-ring (bicyclic) bond motifs is 1. The number of carboxylic acid groups (broad SMARTS) is 1. The molecule has 0 aliphatic carbocycles. The van der Waals surface area contributed by atoms with Crippen molar-refractivity contribution in [2.45, 2.75) is 32.8 Å². The van der Waals surface area contributed by atoms with Crippen LogP contribution in [-0.4, -0.2) is 77.0 Å². The monoisotopic (exact) mass is 540 g/mol. The minimum absolute atomic E-state index is 0.374. The van der Waals surface area contributed by atoms with E-state index < -0.39 is 17.8 Å². The molecule has 38 heavy (non-hydrogen) atoms. The summed E-state index contributed by atoms with van der Waals surface area (Å²) in [6.45, 7) is 8.60. The molecule has 0 unspecified atom stereocenters. The van der Waals surface area contributed by atoms with Crippen molar-refractivity contribution in [2.75, 3.05) is 49.5 Å². The van der Waals surface area contributed by atoms with Crippen molar-refractivity contribution in [1.29, 1.82) is 0 Å². The Morgan fingerprint density at radius 1 is 1.08 bits per heavy atom. The number of piperazine rings is 1. The molecule has 3 heterocycles. The predicted molar refractivity (Wildman–Crippen MR) is 149 cm³/mol. The number of hydrogen-bond donors (Lipinski definition) is 3. The number of carbonyl (C=O) groups excluding carboxylic acids is 1. The average Bonchev–Trinajstić information content (AvgIpc) is 2.87. The van der Waals surface area contributed by atoms with Crippen LogP contribution in [-0.2, 0) is 4.74 Å². The summed E-state index contributed by atoms with van der Waals surface area (Å²) in [5.41, 5.74) is 1.44. The largest absolute Gasteiger partial charge is 0.465 e. The second-order valence-corrected chi connectivity index (χ2v) is 10.4. The molecule has 0 spiro atoms. The number of amides is 2. The Morgan fingerprint density at radius 2 is 1.84 bits per heavy atom. The van der Waals surface area contributed by atoms with Crippen molar-refractivity contribution in [3.05, 3.63) is 47.7 Å². The number of anilines is 2. The molecule has 0 radical (unpaired) electrons. The molecule has 4 rings (SSSR count). The number of carbonyl (C=O) groups is 2. The van der Waals surface area contributed by atoms with Crippen molar-refractivity contribution < 1.29 is 19.4 Å². The van der Waals surface area contributed by atoms with E-state index in [4.69, 9.17) is 16.3 Å². The molecule has 1 fully saturated rings. The molecule has 3 aromatic rings. The van der Waals surface area contributed by atoms with Crippen LogP contribution < -0.4 is 15.5 Å². The number of halogens is 1. The molecule has 2 amide bonds. The maximum atomic E-state index is 11.8. The van der Waals surface area contributed by atoms with Crippen LogP contribution in [0.4, 0.5) is 21.2 Å². The van der Waals surface area contributed by atoms with Crippen molar-refractivity contribution in [2.24, 2.45) is 0 Å². The Bertz CT molecular complexity index is 1300. The number of benzene rings is 1. The van der Waals surface area contributed by atoms with Gasteiger partial charge in [0.15, 0.2) is 0 Å².